The Hall–Kier alpha value is -2.86. The maximum Gasteiger partial charge on any atom is 0.222 e. The van der Waals surface area contributed by atoms with Gasteiger partial charge in [-0.15, -0.1) is 0 Å². The third-order valence-corrected chi connectivity index (χ3v) is 3.60. The normalized spacial score (nSPS) is 10.5. The van der Waals surface area contributed by atoms with Gasteiger partial charge in [-0.1, -0.05) is 11.6 Å². The number of rotatable bonds is 4. The molecule has 0 saturated carbocycles. The molecular weight excluding hydrogens is 331 g/mol. The van der Waals surface area contributed by atoms with Crippen LogP contribution in [0.15, 0.2) is 48.5 Å². The van der Waals surface area contributed by atoms with Crippen LogP contribution in [-0.4, -0.2) is 17.1 Å². The lowest BCUT2D eigenvalue weighted by atomic mass is 10.1. The zero-order valence-corrected chi connectivity index (χ0v) is 13.5. The fourth-order valence-electron chi connectivity index (χ4n) is 2.19. The number of ether oxygens (including phenoxy) is 1. The molecule has 0 saturated heterocycles. The Morgan fingerprint density at radius 2 is 1.83 bits per heavy atom. The number of hydrogen-bond acceptors (Lipinski definition) is 5. The minimum atomic E-state index is -0.313. The zero-order chi connectivity index (χ0) is 17.1. The van der Waals surface area contributed by atoms with Crippen molar-refractivity contribution < 1.29 is 9.13 Å². The van der Waals surface area contributed by atoms with E-state index in [1.54, 1.807) is 43.5 Å². The van der Waals surface area contributed by atoms with Crippen molar-refractivity contribution >= 4 is 29.1 Å². The molecule has 0 bridgehead atoms. The average Bonchev–Trinajstić information content (AvgIpc) is 2.55. The van der Waals surface area contributed by atoms with Crippen LogP contribution >= 0.6 is 11.6 Å². The van der Waals surface area contributed by atoms with Crippen LogP contribution in [0.1, 0.15) is 0 Å². The Morgan fingerprint density at radius 3 is 2.50 bits per heavy atom. The SMILES string of the molecule is COc1ccc(Nc2cc(-c3ccc(F)cc3)nc(N)n2)cc1Cl. The third kappa shape index (κ3) is 3.55. The predicted octanol–water partition coefficient (Wildman–Crippen LogP) is 4.27. The van der Waals surface area contributed by atoms with Gasteiger partial charge in [0.1, 0.15) is 17.4 Å². The first-order valence-corrected chi connectivity index (χ1v) is 7.44. The van der Waals surface area contributed by atoms with E-state index in [1.807, 2.05) is 0 Å². The van der Waals surface area contributed by atoms with Crippen molar-refractivity contribution in [3.05, 3.63) is 59.4 Å². The van der Waals surface area contributed by atoms with Gasteiger partial charge in [0.2, 0.25) is 5.95 Å². The predicted molar refractivity (Wildman–Crippen MR) is 93.1 cm³/mol. The zero-order valence-electron chi connectivity index (χ0n) is 12.8. The standard InChI is InChI=1S/C17H14ClFN4O/c1-24-15-7-6-12(8-13(15)18)21-16-9-14(22-17(20)23-16)10-2-4-11(19)5-3-10/h2-9H,1H3,(H3,20,21,22,23). The quantitative estimate of drug-likeness (QED) is 0.739. The molecule has 0 fully saturated rings. The summed E-state index contributed by atoms with van der Waals surface area (Å²) in [5.41, 5.74) is 7.82. The Bertz CT molecular complexity index is 871. The highest BCUT2D eigenvalue weighted by molar-refractivity contribution is 6.32. The molecule has 0 atom stereocenters. The third-order valence-electron chi connectivity index (χ3n) is 3.31. The van der Waals surface area contributed by atoms with E-state index in [2.05, 4.69) is 15.3 Å². The summed E-state index contributed by atoms with van der Waals surface area (Å²) in [6.45, 7) is 0. The molecule has 5 nitrogen and oxygen atoms in total. The molecule has 0 aliphatic heterocycles. The summed E-state index contributed by atoms with van der Waals surface area (Å²) in [5.74, 6) is 0.880. The molecule has 24 heavy (non-hydrogen) atoms. The van der Waals surface area contributed by atoms with Crippen molar-refractivity contribution in [1.82, 2.24) is 9.97 Å². The van der Waals surface area contributed by atoms with Crippen molar-refractivity contribution in [1.29, 1.82) is 0 Å². The number of benzene rings is 2. The highest BCUT2D eigenvalue weighted by Crippen LogP contribution is 2.29. The minimum Gasteiger partial charge on any atom is -0.495 e. The lowest BCUT2D eigenvalue weighted by Crippen LogP contribution is -2.01. The fourth-order valence-corrected chi connectivity index (χ4v) is 2.45. The largest absolute Gasteiger partial charge is 0.495 e. The van der Waals surface area contributed by atoms with Crippen LogP contribution in [0.4, 0.5) is 21.8 Å². The van der Waals surface area contributed by atoms with Crippen molar-refractivity contribution in [3.8, 4) is 17.0 Å². The number of anilines is 3. The van der Waals surface area contributed by atoms with Gasteiger partial charge in [0.05, 0.1) is 17.8 Å². The maximum absolute atomic E-state index is 13.1. The van der Waals surface area contributed by atoms with Crippen LogP contribution < -0.4 is 15.8 Å². The number of nitrogens with one attached hydrogen (secondary N) is 1. The molecule has 1 heterocycles. The highest BCUT2D eigenvalue weighted by atomic mass is 35.5. The molecule has 1 aromatic heterocycles. The Morgan fingerprint density at radius 1 is 1.08 bits per heavy atom. The number of nitrogens with zero attached hydrogens (tertiary/aromatic N) is 2. The average molecular weight is 345 g/mol. The van der Waals surface area contributed by atoms with Crippen molar-refractivity contribution in [3.63, 3.8) is 0 Å². The number of methoxy groups -OCH3 is 1. The van der Waals surface area contributed by atoms with Gasteiger partial charge in [-0.2, -0.15) is 4.98 Å². The summed E-state index contributed by atoms with van der Waals surface area (Å²) in [5, 5.41) is 3.59. The molecular formula is C17H14ClFN4O. The van der Waals surface area contributed by atoms with E-state index in [0.717, 1.165) is 11.3 Å². The number of nitrogen functional groups attached to an aromatic ring is 1. The number of halogens is 2. The first kappa shape index (κ1) is 16.0. The molecule has 3 rings (SSSR count). The molecule has 0 spiro atoms. The molecule has 0 radical (unpaired) electrons. The van der Waals surface area contributed by atoms with E-state index in [9.17, 15) is 4.39 Å². The second kappa shape index (κ2) is 6.72. The molecule has 2 aromatic carbocycles. The van der Waals surface area contributed by atoms with E-state index in [1.165, 1.54) is 12.1 Å². The fraction of sp³-hybridized carbons (Fsp3) is 0.0588. The van der Waals surface area contributed by atoms with Crippen molar-refractivity contribution in [2.75, 3.05) is 18.2 Å². The van der Waals surface area contributed by atoms with Crippen LogP contribution in [-0.2, 0) is 0 Å². The lowest BCUT2D eigenvalue weighted by Gasteiger charge is -2.10. The summed E-state index contributed by atoms with van der Waals surface area (Å²) in [6, 6.07) is 13.0. The van der Waals surface area contributed by atoms with Gasteiger partial charge in [0.15, 0.2) is 0 Å². The van der Waals surface area contributed by atoms with E-state index in [-0.39, 0.29) is 11.8 Å². The minimum absolute atomic E-state index is 0.110. The molecule has 122 valence electrons. The van der Waals surface area contributed by atoms with Crippen LogP contribution in [0.5, 0.6) is 5.75 Å². The lowest BCUT2D eigenvalue weighted by molar-refractivity contribution is 0.415. The van der Waals surface area contributed by atoms with Gasteiger partial charge in [0, 0.05) is 17.3 Å². The Balaban J connectivity index is 1.91. The topological polar surface area (TPSA) is 73.1 Å². The van der Waals surface area contributed by atoms with Gasteiger partial charge in [-0.3, -0.25) is 0 Å². The summed E-state index contributed by atoms with van der Waals surface area (Å²) < 4.78 is 18.2. The van der Waals surface area contributed by atoms with E-state index >= 15 is 0 Å². The highest BCUT2D eigenvalue weighted by Gasteiger charge is 2.07. The van der Waals surface area contributed by atoms with Gasteiger partial charge in [-0.05, 0) is 42.5 Å². The number of hydrogen-bond donors (Lipinski definition) is 2. The maximum atomic E-state index is 13.1. The monoisotopic (exact) mass is 344 g/mol. The molecule has 3 N–H and O–H groups in total. The van der Waals surface area contributed by atoms with Crippen LogP contribution in [0.2, 0.25) is 5.02 Å². The molecule has 7 heteroatoms. The van der Waals surface area contributed by atoms with Crippen LogP contribution in [0.3, 0.4) is 0 Å². The first-order chi connectivity index (χ1) is 11.5. The first-order valence-electron chi connectivity index (χ1n) is 7.06. The summed E-state index contributed by atoms with van der Waals surface area (Å²) in [4.78, 5) is 8.33. The van der Waals surface area contributed by atoms with E-state index < -0.39 is 0 Å². The van der Waals surface area contributed by atoms with E-state index in [4.69, 9.17) is 22.1 Å². The van der Waals surface area contributed by atoms with Crippen molar-refractivity contribution in [2.45, 2.75) is 0 Å². The second-order valence-electron chi connectivity index (χ2n) is 4.98. The van der Waals surface area contributed by atoms with Crippen LogP contribution in [0.25, 0.3) is 11.3 Å². The Labute approximate surface area is 143 Å². The van der Waals surface area contributed by atoms with Crippen molar-refractivity contribution in [2.24, 2.45) is 0 Å². The summed E-state index contributed by atoms with van der Waals surface area (Å²) >= 11 is 6.11. The number of aromatic nitrogens is 2. The molecule has 0 amide bonds. The van der Waals surface area contributed by atoms with E-state index in [0.29, 0.717) is 22.3 Å². The molecule has 0 aliphatic carbocycles. The smallest absolute Gasteiger partial charge is 0.222 e. The van der Waals surface area contributed by atoms with Gasteiger partial charge in [-0.25, -0.2) is 9.37 Å². The number of nitrogens with two attached hydrogens (primary N) is 1. The molecule has 0 aliphatic rings. The Kier molecular flexibility index (Phi) is 4.48. The summed E-state index contributed by atoms with van der Waals surface area (Å²) in [6.07, 6.45) is 0. The van der Waals surface area contributed by atoms with Crippen LogP contribution in [0, 0.1) is 5.82 Å². The van der Waals surface area contributed by atoms with Gasteiger partial charge in [0.25, 0.3) is 0 Å². The second-order valence-corrected chi connectivity index (χ2v) is 5.39. The summed E-state index contributed by atoms with van der Waals surface area (Å²) in [7, 11) is 1.55. The molecule has 0 unspecified atom stereocenters. The molecule has 3 aromatic rings. The van der Waals surface area contributed by atoms with Gasteiger partial charge < -0.3 is 15.8 Å². The van der Waals surface area contributed by atoms with Gasteiger partial charge >= 0.3 is 0 Å².